The van der Waals surface area contributed by atoms with E-state index in [4.69, 9.17) is 11.6 Å². The van der Waals surface area contributed by atoms with Crippen LogP contribution >= 0.6 is 38.9 Å². The molecule has 0 aliphatic carbocycles. The molecule has 1 N–H and O–H groups in total. The zero-order valence-electron chi connectivity index (χ0n) is 13.6. The molecule has 0 spiro atoms. The summed E-state index contributed by atoms with van der Waals surface area (Å²) in [5.41, 5.74) is 3.76. The summed E-state index contributed by atoms with van der Waals surface area (Å²) < 4.78 is 0.829. The summed E-state index contributed by atoms with van der Waals surface area (Å²) in [4.78, 5) is 16.7. The molecule has 128 valence electrons. The second-order valence-electron chi connectivity index (χ2n) is 5.58. The van der Waals surface area contributed by atoms with Gasteiger partial charge in [-0.3, -0.25) is 4.79 Å². The van der Waals surface area contributed by atoms with E-state index in [1.807, 2.05) is 13.0 Å². The van der Waals surface area contributed by atoms with Crippen molar-refractivity contribution in [1.82, 2.24) is 10.3 Å². The number of benzene rings is 2. The molecule has 3 rings (SSSR count). The van der Waals surface area contributed by atoms with E-state index >= 15 is 0 Å². The van der Waals surface area contributed by atoms with E-state index in [2.05, 4.69) is 55.9 Å². The van der Waals surface area contributed by atoms with Crippen LogP contribution in [0.15, 0.2) is 52.3 Å². The first-order valence-electron chi connectivity index (χ1n) is 7.77. The van der Waals surface area contributed by atoms with Crippen molar-refractivity contribution in [2.45, 2.75) is 13.3 Å². The van der Waals surface area contributed by atoms with Crippen molar-refractivity contribution in [2.75, 3.05) is 6.54 Å². The Morgan fingerprint density at radius 2 is 2.00 bits per heavy atom. The average molecular weight is 436 g/mol. The van der Waals surface area contributed by atoms with E-state index in [0.717, 1.165) is 32.7 Å². The fraction of sp³-hybridized carbons (Fsp3) is 0.158. The minimum absolute atomic E-state index is 0.166. The second-order valence-corrected chi connectivity index (χ2v) is 7.96. The van der Waals surface area contributed by atoms with Crippen molar-refractivity contribution in [1.29, 1.82) is 0 Å². The lowest BCUT2D eigenvalue weighted by Crippen LogP contribution is -2.26. The Balaban J connectivity index is 1.57. The second kappa shape index (κ2) is 8.13. The number of carbonyl (C=O) groups excluding carboxylic acids is 1. The quantitative estimate of drug-likeness (QED) is 0.574. The molecular weight excluding hydrogens is 420 g/mol. The maximum atomic E-state index is 12.2. The van der Waals surface area contributed by atoms with Crippen molar-refractivity contribution in [3.8, 4) is 11.3 Å². The molecule has 0 bridgehead atoms. The lowest BCUT2D eigenvalue weighted by Gasteiger charge is -2.08. The molecule has 3 nitrogen and oxygen atoms in total. The number of halogens is 2. The van der Waals surface area contributed by atoms with Crippen molar-refractivity contribution in [3.63, 3.8) is 0 Å². The third kappa shape index (κ3) is 4.69. The van der Waals surface area contributed by atoms with Crippen LogP contribution in [0.25, 0.3) is 11.3 Å². The molecule has 0 saturated carbocycles. The van der Waals surface area contributed by atoms with Crippen molar-refractivity contribution < 1.29 is 4.79 Å². The van der Waals surface area contributed by atoms with Gasteiger partial charge in [0.2, 0.25) is 0 Å². The predicted octanol–water partition coefficient (Wildman–Crippen LogP) is 5.51. The zero-order valence-corrected chi connectivity index (χ0v) is 16.7. The van der Waals surface area contributed by atoms with Crippen LogP contribution in [0, 0.1) is 6.92 Å². The molecule has 1 aromatic heterocycles. The van der Waals surface area contributed by atoms with Gasteiger partial charge in [0.15, 0.2) is 0 Å². The molecule has 0 radical (unpaired) electrons. The van der Waals surface area contributed by atoms with Gasteiger partial charge in [0.05, 0.1) is 21.3 Å². The lowest BCUT2D eigenvalue weighted by atomic mass is 10.1. The summed E-state index contributed by atoms with van der Waals surface area (Å²) in [5.74, 6) is -0.166. The summed E-state index contributed by atoms with van der Waals surface area (Å²) in [5, 5.41) is 6.48. The fourth-order valence-electron chi connectivity index (χ4n) is 2.43. The third-order valence-corrected chi connectivity index (χ3v) is 5.34. The molecule has 0 aliphatic heterocycles. The van der Waals surface area contributed by atoms with E-state index in [0.29, 0.717) is 17.1 Å². The largest absolute Gasteiger partial charge is 0.352 e. The molecule has 1 amide bonds. The third-order valence-electron chi connectivity index (χ3n) is 3.74. The monoisotopic (exact) mass is 434 g/mol. The van der Waals surface area contributed by atoms with E-state index in [1.54, 1.807) is 23.5 Å². The Labute approximate surface area is 164 Å². The van der Waals surface area contributed by atoms with Gasteiger partial charge in [0, 0.05) is 22.0 Å². The van der Waals surface area contributed by atoms with Gasteiger partial charge in [-0.05, 0) is 37.1 Å². The molecule has 6 heteroatoms. The molecule has 0 unspecified atom stereocenters. The van der Waals surface area contributed by atoms with Crippen LogP contribution in [0.2, 0.25) is 5.02 Å². The zero-order chi connectivity index (χ0) is 17.8. The number of amides is 1. The Morgan fingerprint density at radius 1 is 1.24 bits per heavy atom. The van der Waals surface area contributed by atoms with Gasteiger partial charge < -0.3 is 5.32 Å². The summed E-state index contributed by atoms with van der Waals surface area (Å²) in [6.07, 6.45) is 0.758. The van der Waals surface area contributed by atoms with E-state index in [9.17, 15) is 4.79 Å². The van der Waals surface area contributed by atoms with E-state index < -0.39 is 0 Å². The first kappa shape index (κ1) is 18.1. The van der Waals surface area contributed by atoms with E-state index in [-0.39, 0.29) is 5.91 Å². The molecule has 0 aliphatic rings. The molecule has 2 aromatic carbocycles. The van der Waals surface area contributed by atoms with Gasteiger partial charge in [0.25, 0.3) is 5.91 Å². The first-order chi connectivity index (χ1) is 12.0. The highest BCUT2D eigenvalue weighted by molar-refractivity contribution is 9.10. The number of rotatable bonds is 5. The van der Waals surface area contributed by atoms with Gasteiger partial charge in [0.1, 0.15) is 0 Å². The van der Waals surface area contributed by atoms with Crippen molar-refractivity contribution in [2.24, 2.45) is 0 Å². The Kier molecular flexibility index (Phi) is 5.89. The fourth-order valence-corrected chi connectivity index (χ4v) is 3.61. The van der Waals surface area contributed by atoms with Gasteiger partial charge in [-0.25, -0.2) is 4.98 Å². The normalized spacial score (nSPS) is 10.7. The molecule has 0 saturated heterocycles. The molecular formula is C19H16BrClN2OS. The summed E-state index contributed by atoms with van der Waals surface area (Å²) in [6.45, 7) is 2.56. The first-order valence-corrected chi connectivity index (χ1v) is 9.82. The summed E-state index contributed by atoms with van der Waals surface area (Å²) >= 11 is 11.1. The maximum absolute atomic E-state index is 12.2. The SMILES string of the molecule is Cc1nc(-c2ccc(CCNC(=O)c3cc(Br)ccc3Cl)cc2)cs1. The molecule has 1 heterocycles. The number of hydrogen-bond donors (Lipinski definition) is 1. The van der Waals surface area contributed by atoms with Crippen molar-refractivity contribution >= 4 is 44.8 Å². The predicted molar refractivity (Wildman–Crippen MR) is 107 cm³/mol. The smallest absolute Gasteiger partial charge is 0.252 e. The molecule has 0 fully saturated rings. The standard InChI is InChI=1S/C19H16BrClN2OS/c1-12-23-18(11-25-12)14-4-2-13(3-5-14)8-9-22-19(24)16-10-15(20)6-7-17(16)21/h2-7,10-11H,8-9H2,1H3,(H,22,24). The van der Waals surface area contributed by atoms with Crippen molar-refractivity contribution in [3.05, 3.63) is 73.5 Å². The average Bonchev–Trinajstić information content (AvgIpc) is 3.04. The number of aryl methyl sites for hydroxylation is 1. The Morgan fingerprint density at radius 3 is 2.68 bits per heavy atom. The summed E-state index contributed by atoms with van der Waals surface area (Å²) in [7, 11) is 0. The number of hydrogen-bond acceptors (Lipinski definition) is 3. The van der Waals surface area contributed by atoms with Crippen LogP contribution in [0.4, 0.5) is 0 Å². The highest BCUT2D eigenvalue weighted by atomic mass is 79.9. The van der Waals surface area contributed by atoms with Crippen LogP contribution in [0.1, 0.15) is 20.9 Å². The highest BCUT2D eigenvalue weighted by Gasteiger charge is 2.10. The number of thiazole rings is 1. The topological polar surface area (TPSA) is 42.0 Å². The van der Waals surface area contributed by atoms with Crippen LogP contribution in [0.5, 0.6) is 0 Å². The molecule has 3 aromatic rings. The van der Waals surface area contributed by atoms with Gasteiger partial charge in [-0.1, -0.05) is 51.8 Å². The molecule has 25 heavy (non-hydrogen) atoms. The maximum Gasteiger partial charge on any atom is 0.252 e. The van der Waals surface area contributed by atoms with Crippen LogP contribution < -0.4 is 5.32 Å². The highest BCUT2D eigenvalue weighted by Crippen LogP contribution is 2.22. The minimum Gasteiger partial charge on any atom is -0.352 e. The summed E-state index contributed by atoms with van der Waals surface area (Å²) in [6, 6.07) is 13.5. The number of nitrogens with one attached hydrogen (secondary N) is 1. The number of nitrogens with zero attached hydrogens (tertiary/aromatic N) is 1. The van der Waals surface area contributed by atoms with Crippen LogP contribution in [-0.4, -0.2) is 17.4 Å². The number of carbonyl (C=O) groups is 1. The van der Waals surface area contributed by atoms with Gasteiger partial charge in [-0.15, -0.1) is 11.3 Å². The lowest BCUT2D eigenvalue weighted by molar-refractivity contribution is 0.0954. The van der Waals surface area contributed by atoms with Gasteiger partial charge >= 0.3 is 0 Å². The Bertz CT molecular complexity index is 893. The van der Waals surface area contributed by atoms with Crippen LogP contribution in [-0.2, 0) is 6.42 Å². The van der Waals surface area contributed by atoms with Crippen LogP contribution in [0.3, 0.4) is 0 Å². The van der Waals surface area contributed by atoms with E-state index in [1.165, 1.54) is 0 Å². The minimum atomic E-state index is -0.166. The molecule has 0 atom stereocenters. The number of aromatic nitrogens is 1. The van der Waals surface area contributed by atoms with Gasteiger partial charge in [-0.2, -0.15) is 0 Å². The Hall–Kier alpha value is -1.69.